The molecule has 0 aliphatic rings. The summed E-state index contributed by atoms with van der Waals surface area (Å²) in [5.74, 6) is 0.905. The number of methoxy groups -OCH3 is 1. The predicted octanol–water partition coefficient (Wildman–Crippen LogP) is 2.89. The lowest BCUT2D eigenvalue weighted by Gasteiger charge is -2.15. The van der Waals surface area contributed by atoms with Crippen LogP contribution in [0.4, 0.5) is 0 Å². The molecule has 2 aromatic rings. The molecular weight excluding hydrogens is 282 g/mol. The lowest BCUT2D eigenvalue weighted by molar-refractivity contribution is 0.314. The van der Waals surface area contributed by atoms with Gasteiger partial charge in [-0.3, -0.25) is 4.90 Å². The van der Waals surface area contributed by atoms with Crippen LogP contribution in [0.1, 0.15) is 23.2 Å². The maximum Gasteiger partial charge on any atom is 0.119 e. The van der Waals surface area contributed by atoms with Gasteiger partial charge >= 0.3 is 0 Å². The molecule has 0 fully saturated rings. The molecule has 0 radical (unpaired) electrons. The maximum atomic E-state index is 5.26. The van der Waals surface area contributed by atoms with Crippen molar-refractivity contribution in [2.75, 3.05) is 20.7 Å². The van der Waals surface area contributed by atoms with E-state index in [0.717, 1.165) is 42.6 Å². The number of nitrogens with one attached hydrogen (secondary N) is 1. The fourth-order valence-corrected chi connectivity index (χ4v) is 2.90. The van der Waals surface area contributed by atoms with Gasteiger partial charge in [-0.25, -0.2) is 4.98 Å². The third-order valence-corrected chi connectivity index (χ3v) is 4.04. The molecule has 0 saturated carbocycles. The summed E-state index contributed by atoms with van der Waals surface area (Å²) in [5.41, 5.74) is 2.39. The Morgan fingerprint density at radius 1 is 1.33 bits per heavy atom. The van der Waals surface area contributed by atoms with Gasteiger partial charge in [-0.1, -0.05) is 19.1 Å². The number of thiazole rings is 1. The second-order valence-corrected chi connectivity index (χ2v) is 5.98. The van der Waals surface area contributed by atoms with Gasteiger partial charge in [-0.15, -0.1) is 11.3 Å². The van der Waals surface area contributed by atoms with E-state index in [9.17, 15) is 0 Å². The first-order chi connectivity index (χ1) is 10.2. The Morgan fingerprint density at radius 3 is 2.95 bits per heavy atom. The van der Waals surface area contributed by atoms with Gasteiger partial charge < -0.3 is 10.1 Å². The van der Waals surface area contributed by atoms with Crippen molar-refractivity contribution in [3.63, 3.8) is 0 Å². The van der Waals surface area contributed by atoms with Crippen LogP contribution < -0.4 is 10.1 Å². The normalized spacial score (nSPS) is 11.0. The molecule has 0 amide bonds. The Bertz CT molecular complexity index is 556. The lowest BCUT2D eigenvalue weighted by atomic mass is 10.2. The Kier molecular flexibility index (Phi) is 6.17. The molecule has 4 nitrogen and oxygen atoms in total. The summed E-state index contributed by atoms with van der Waals surface area (Å²) in [7, 11) is 3.81. The quantitative estimate of drug-likeness (QED) is 0.814. The second-order valence-electron chi connectivity index (χ2n) is 5.04. The predicted molar refractivity (Wildman–Crippen MR) is 87.7 cm³/mol. The van der Waals surface area contributed by atoms with Crippen molar-refractivity contribution in [2.24, 2.45) is 0 Å². The van der Waals surface area contributed by atoms with Crippen molar-refractivity contribution < 1.29 is 4.74 Å². The SMILES string of the molecule is CCNCc1nc(CN(C)Cc2cccc(OC)c2)cs1. The van der Waals surface area contributed by atoms with Gasteiger partial charge in [-0.05, 0) is 31.3 Å². The van der Waals surface area contributed by atoms with Crippen LogP contribution in [0, 0.1) is 0 Å². The summed E-state index contributed by atoms with van der Waals surface area (Å²) in [4.78, 5) is 6.92. The van der Waals surface area contributed by atoms with E-state index in [1.54, 1.807) is 18.4 Å². The average Bonchev–Trinajstić information content (AvgIpc) is 2.92. The molecule has 0 aliphatic heterocycles. The van der Waals surface area contributed by atoms with Crippen LogP contribution >= 0.6 is 11.3 Å². The highest BCUT2D eigenvalue weighted by Gasteiger charge is 2.06. The fourth-order valence-electron chi connectivity index (χ4n) is 2.15. The molecule has 0 saturated heterocycles. The number of rotatable bonds is 8. The summed E-state index contributed by atoms with van der Waals surface area (Å²) >= 11 is 1.72. The summed E-state index contributed by atoms with van der Waals surface area (Å²) in [6.45, 7) is 5.69. The molecular formula is C16H23N3OS. The molecule has 21 heavy (non-hydrogen) atoms. The van der Waals surface area contributed by atoms with Crippen molar-refractivity contribution in [1.29, 1.82) is 0 Å². The Labute approximate surface area is 130 Å². The van der Waals surface area contributed by atoms with Gasteiger partial charge in [0.15, 0.2) is 0 Å². The number of benzene rings is 1. The van der Waals surface area contributed by atoms with Crippen LogP contribution in [-0.4, -0.2) is 30.6 Å². The molecule has 1 heterocycles. The van der Waals surface area contributed by atoms with Crippen LogP contribution in [0.25, 0.3) is 0 Å². The van der Waals surface area contributed by atoms with Crippen molar-refractivity contribution >= 4 is 11.3 Å². The molecule has 2 rings (SSSR count). The van der Waals surface area contributed by atoms with Crippen LogP contribution in [0.5, 0.6) is 5.75 Å². The van der Waals surface area contributed by atoms with E-state index >= 15 is 0 Å². The second kappa shape index (κ2) is 8.12. The van der Waals surface area contributed by atoms with Crippen LogP contribution in [0.3, 0.4) is 0 Å². The standard InChI is InChI=1S/C16H23N3OS/c1-4-17-9-16-18-14(12-21-16)11-19(2)10-13-6-5-7-15(8-13)20-3/h5-8,12,17H,4,9-11H2,1-3H3. The molecule has 1 N–H and O–H groups in total. The van der Waals surface area contributed by atoms with E-state index < -0.39 is 0 Å². The lowest BCUT2D eigenvalue weighted by Crippen LogP contribution is -2.17. The Balaban J connectivity index is 1.88. The summed E-state index contributed by atoms with van der Waals surface area (Å²) < 4.78 is 5.26. The highest BCUT2D eigenvalue weighted by Crippen LogP contribution is 2.16. The number of nitrogens with zero attached hydrogens (tertiary/aromatic N) is 2. The Hall–Kier alpha value is -1.43. The number of aromatic nitrogens is 1. The third-order valence-electron chi connectivity index (χ3n) is 3.14. The van der Waals surface area contributed by atoms with E-state index in [-0.39, 0.29) is 0 Å². The number of hydrogen-bond donors (Lipinski definition) is 1. The molecule has 5 heteroatoms. The van der Waals surface area contributed by atoms with E-state index in [0.29, 0.717) is 0 Å². The molecule has 0 aliphatic carbocycles. The Morgan fingerprint density at radius 2 is 2.19 bits per heavy atom. The largest absolute Gasteiger partial charge is 0.497 e. The summed E-state index contributed by atoms with van der Waals surface area (Å²) in [6, 6.07) is 8.20. The topological polar surface area (TPSA) is 37.4 Å². The van der Waals surface area contributed by atoms with Crippen molar-refractivity contribution in [2.45, 2.75) is 26.6 Å². The minimum absolute atomic E-state index is 0.861. The molecule has 114 valence electrons. The zero-order valence-corrected chi connectivity index (χ0v) is 13.7. The van der Waals surface area contributed by atoms with E-state index in [1.165, 1.54) is 5.56 Å². The highest BCUT2D eigenvalue weighted by atomic mass is 32.1. The molecule has 0 bridgehead atoms. The molecule has 0 atom stereocenters. The number of hydrogen-bond acceptors (Lipinski definition) is 5. The van der Waals surface area contributed by atoms with Crippen molar-refractivity contribution in [3.05, 3.63) is 45.9 Å². The minimum Gasteiger partial charge on any atom is -0.497 e. The van der Waals surface area contributed by atoms with Crippen LogP contribution in [-0.2, 0) is 19.6 Å². The first kappa shape index (κ1) is 15.9. The fraction of sp³-hybridized carbons (Fsp3) is 0.438. The van der Waals surface area contributed by atoms with Crippen LogP contribution in [0.2, 0.25) is 0 Å². The van der Waals surface area contributed by atoms with E-state index in [4.69, 9.17) is 4.74 Å². The monoisotopic (exact) mass is 305 g/mol. The summed E-state index contributed by atoms with van der Waals surface area (Å²) in [5, 5.41) is 6.61. The summed E-state index contributed by atoms with van der Waals surface area (Å²) in [6.07, 6.45) is 0. The van der Waals surface area contributed by atoms with Gasteiger partial charge in [-0.2, -0.15) is 0 Å². The first-order valence-corrected chi connectivity index (χ1v) is 8.04. The van der Waals surface area contributed by atoms with Gasteiger partial charge in [0, 0.05) is 25.0 Å². The minimum atomic E-state index is 0.861. The molecule has 0 spiro atoms. The zero-order valence-electron chi connectivity index (χ0n) is 12.9. The van der Waals surface area contributed by atoms with Gasteiger partial charge in [0.2, 0.25) is 0 Å². The molecule has 1 aromatic heterocycles. The average molecular weight is 305 g/mol. The van der Waals surface area contributed by atoms with Gasteiger partial charge in [0.25, 0.3) is 0 Å². The molecule has 0 unspecified atom stereocenters. The highest BCUT2D eigenvalue weighted by molar-refractivity contribution is 7.09. The first-order valence-electron chi connectivity index (χ1n) is 7.16. The van der Waals surface area contributed by atoms with Crippen molar-refractivity contribution in [1.82, 2.24) is 15.2 Å². The van der Waals surface area contributed by atoms with Gasteiger partial charge in [0.1, 0.15) is 10.8 Å². The smallest absolute Gasteiger partial charge is 0.119 e. The van der Waals surface area contributed by atoms with E-state index in [2.05, 4.69) is 46.7 Å². The molecule has 1 aromatic carbocycles. The van der Waals surface area contributed by atoms with E-state index in [1.807, 2.05) is 12.1 Å². The third kappa shape index (κ3) is 5.12. The number of ether oxygens (including phenoxy) is 1. The van der Waals surface area contributed by atoms with Crippen LogP contribution in [0.15, 0.2) is 29.6 Å². The maximum absolute atomic E-state index is 5.26. The zero-order chi connectivity index (χ0) is 15.1. The van der Waals surface area contributed by atoms with Gasteiger partial charge in [0.05, 0.1) is 12.8 Å². The van der Waals surface area contributed by atoms with Crippen molar-refractivity contribution in [3.8, 4) is 5.75 Å².